The number of hydrogen-bond acceptors (Lipinski definition) is 2. The van der Waals surface area contributed by atoms with Gasteiger partial charge in [0, 0.05) is 0 Å². The second-order valence-corrected chi connectivity index (χ2v) is 4.74. The fourth-order valence-corrected chi connectivity index (χ4v) is 2.24. The highest BCUT2D eigenvalue weighted by Crippen LogP contribution is 2.27. The Bertz CT molecular complexity index is 370. The van der Waals surface area contributed by atoms with Crippen LogP contribution in [0.2, 0.25) is 0 Å². The van der Waals surface area contributed by atoms with Crippen molar-refractivity contribution in [3.63, 3.8) is 0 Å². The lowest BCUT2D eigenvalue weighted by Crippen LogP contribution is -2.20. The SMILES string of the molecule is C[C@H](O)c1ccc(OC2CCCCC2)c(F)c1. The van der Waals surface area contributed by atoms with Crippen LogP contribution in [0, 0.1) is 5.82 Å². The highest BCUT2D eigenvalue weighted by Gasteiger charge is 2.17. The van der Waals surface area contributed by atoms with Gasteiger partial charge in [-0.05, 0) is 50.3 Å². The van der Waals surface area contributed by atoms with Gasteiger partial charge in [0.2, 0.25) is 0 Å². The Labute approximate surface area is 101 Å². The van der Waals surface area contributed by atoms with Crippen LogP contribution in [0.15, 0.2) is 18.2 Å². The van der Waals surface area contributed by atoms with E-state index >= 15 is 0 Å². The molecule has 0 bridgehead atoms. The maximum absolute atomic E-state index is 13.7. The molecule has 1 N–H and O–H groups in total. The van der Waals surface area contributed by atoms with Crippen molar-refractivity contribution in [2.24, 2.45) is 0 Å². The molecule has 0 saturated heterocycles. The summed E-state index contributed by atoms with van der Waals surface area (Å²) in [6.07, 6.45) is 5.11. The van der Waals surface area contributed by atoms with Crippen molar-refractivity contribution in [1.82, 2.24) is 0 Å². The van der Waals surface area contributed by atoms with Crippen molar-refractivity contribution >= 4 is 0 Å². The highest BCUT2D eigenvalue weighted by atomic mass is 19.1. The van der Waals surface area contributed by atoms with Crippen LogP contribution in [0.1, 0.15) is 50.7 Å². The summed E-state index contributed by atoms with van der Waals surface area (Å²) in [5, 5.41) is 9.35. The van der Waals surface area contributed by atoms with Gasteiger partial charge >= 0.3 is 0 Å². The zero-order valence-electron chi connectivity index (χ0n) is 10.2. The van der Waals surface area contributed by atoms with Gasteiger partial charge < -0.3 is 9.84 Å². The summed E-state index contributed by atoms with van der Waals surface area (Å²) >= 11 is 0. The Morgan fingerprint density at radius 1 is 1.29 bits per heavy atom. The molecule has 1 atom stereocenters. The summed E-state index contributed by atoms with van der Waals surface area (Å²) in [7, 11) is 0. The number of benzene rings is 1. The molecule has 1 fully saturated rings. The Hall–Kier alpha value is -1.09. The van der Waals surface area contributed by atoms with E-state index in [0.29, 0.717) is 11.3 Å². The van der Waals surface area contributed by atoms with E-state index in [-0.39, 0.29) is 11.9 Å². The predicted molar refractivity (Wildman–Crippen MR) is 64.5 cm³/mol. The molecule has 0 heterocycles. The third kappa shape index (κ3) is 3.19. The second kappa shape index (κ2) is 5.50. The van der Waals surface area contributed by atoms with Gasteiger partial charge in [0.05, 0.1) is 12.2 Å². The van der Waals surface area contributed by atoms with Crippen molar-refractivity contribution in [3.8, 4) is 5.75 Å². The Morgan fingerprint density at radius 3 is 2.59 bits per heavy atom. The third-order valence-electron chi connectivity index (χ3n) is 3.28. The fourth-order valence-electron chi connectivity index (χ4n) is 2.24. The monoisotopic (exact) mass is 238 g/mol. The number of aliphatic hydroxyl groups is 1. The summed E-state index contributed by atoms with van der Waals surface area (Å²) in [6.45, 7) is 1.62. The van der Waals surface area contributed by atoms with Crippen molar-refractivity contribution in [1.29, 1.82) is 0 Å². The first kappa shape index (κ1) is 12.4. The summed E-state index contributed by atoms with van der Waals surface area (Å²) in [6, 6.07) is 4.68. The van der Waals surface area contributed by atoms with E-state index in [0.717, 1.165) is 25.7 Å². The zero-order valence-corrected chi connectivity index (χ0v) is 10.2. The highest BCUT2D eigenvalue weighted by molar-refractivity contribution is 5.30. The van der Waals surface area contributed by atoms with E-state index in [1.54, 1.807) is 19.1 Å². The summed E-state index contributed by atoms with van der Waals surface area (Å²) in [5.74, 6) is -0.0738. The average molecular weight is 238 g/mol. The third-order valence-corrected chi connectivity index (χ3v) is 3.28. The van der Waals surface area contributed by atoms with Crippen molar-refractivity contribution in [3.05, 3.63) is 29.6 Å². The normalized spacial score (nSPS) is 19.0. The predicted octanol–water partition coefficient (Wildman–Crippen LogP) is 3.59. The van der Waals surface area contributed by atoms with Crippen LogP contribution >= 0.6 is 0 Å². The van der Waals surface area contributed by atoms with Crippen LogP contribution in [0.25, 0.3) is 0 Å². The lowest BCUT2D eigenvalue weighted by atomic mass is 9.98. The first-order valence-electron chi connectivity index (χ1n) is 6.31. The Morgan fingerprint density at radius 2 is 2.00 bits per heavy atom. The molecule has 0 radical (unpaired) electrons. The van der Waals surface area contributed by atoms with E-state index < -0.39 is 6.10 Å². The molecule has 0 aromatic heterocycles. The molecule has 2 rings (SSSR count). The fraction of sp³-hybridized carbons (Fsp3) is 0.571. The minimum atomic E-state index is -0.645. The number of rotatable bonds is 3. The van der Waals surface area contributed by atoms with Crippen molar-refractivity contribution in [2.45, 2.75) is 51.2 Å². The quantitative estimate of drug-likeness (QED) is 0.872. The molecule has 0 amide bonds. The minimum Gasteiger partial charge on any atom is -0.487 e. The minimum absolute atomic E-state index is 0.149. The van der Waals surface area contributed by atoms with Crippen LogP contribution in [-0.4, -0.2) is 11.2 Å². The molecule has 1 aliphatic rings. The van der Waals surface area contributed by atoms with E-state index in [4.69, 9.17) is 4.74 Å². The molecule has 3 heteroatoms. The van der Waals surface area contributed by atoms with E-state index in [1.807, 2.05) is 0 Å². The largest absolute Gasteiger partial charge is 0.487 e. The van der Waals surface area contributed by atoms with Crippen molar-refractivity contribution < 1.29 is 14.2 Å². The van der Waals surface area contributed by atoms with Gasteiger partial charge in [0.15, 0.2) is 11.6 Å². The molecule has 1 aromatic carbocycles. The summed E-state index contributed by atoms with van der Waals surface area (Å²) < 4.78 is 19.4. The van der Waals surface area contributed by atoms with Gasteiger partial charge in [0.25, 0.3) is 0 Å². The van der Waals surface area contributed by atoms with Crippen LogP contribution in [0.5, 0.6) is 5.75 Å². The molecule has 0 spiro atoms. The van der Waals surface area contributed by atoms with E-state index in [1.165, 1.54) is 12.5 Å². The topological polar surface area (TPSA) is 29.5 Å². The molecule has 1 saturated carbocycles. The molecule has 1 aliphatic carbocycles. The first-order chi connectivity index (χ1) is 8.16. The summed E-state index contributed by atoms with van der Waals surface area (Å²) in [4.78, 5) is 0. The van der Waals surface area contributed by atoms with Crippen LogP contribution in [0.3, 0.4) is 0 Å². The number of aliphatic hydroxyl groups excluding tert-OH is 1. The van der Waals surface area contributed by atoms with Gasteiger partial charge in [-0.25, -0.2) is 4.39 Å². The first-order valence-corrected chi connectivity index (χ1v) is 6.31. The zero-order chi connectivity index (χ0) is 12.3. The Balaban J connectivity index is 2.05. The molecular formula is C14H19FO2. The number of halogens is 1. The van der Waals surface area contributed by atoms with E-state index in [9.17, 15) is 9.50 Å². The van der Waals surface area contributed by atoms with Crippen LogP contribution in [-0.2, 0) is 0 Å². The molecular weight excluding hydrogens is 219 g/mol. The van der Waals surface area contributed by atoms with Crippen molar-refractivity contribution in [2.75, 3.05) is 0 Å². The van der Waals surface area contributed by atoms with Gasteiger partial charge in [-0.3, -0.25) is 0 Å². The van der Waals surface area contributed by atoms with Crippen LogP contribution < -0.4 is 4.74 Å². The molecule has 17 heavy (non-hydrogen) atoms. The van der Waals surface area contributed by atoms with Crippen LogP contribution in [0.4, 0.5) is 4.39 Å². The molecule has 0 aliphatic heterocycles. The van der Waals surface area contributed by atoms with Gasteiger partial charge in [-0.15, -0.1) is 0 Å². The van der Waals surface area contributed by atoms with Gasteiger partial charge in [-0.2, -0.15) is 0 Å². The lowest BCUT2D eigenvalue weighted by molar-refractivity contribution is 0.148. The second-order valence-electron chi connectivity index (χ2n) is 4.74. The standard InChI is InChI=1S/C14H19FO2/c1-10(16)11-7-8-14(13(15)9-11)17-12-5-3-2-4-6-12/h7-10,12,16H,2-6H2,1H3/t10-/m0/s1. The Kier molecular flexibility index (Phi) is 4.00. The van der Waals surface area contributed by atoms with E-state index in [2.05, 4.69) is 0 Å². The maximum Gasteiger partial charge on any atom is 0.165 e. The molecule has 1 aromatic rings. The molecule has 2 nitrogen and oxygen atoms in total. The lowest BCUT2D eigenvalue weighted by Gasteiger charge is -2.23. The van der Waals surface area contributed by atoms with Gasteiger partial charge in [0.1, 0.15) is 0 Å². The molecule has 94 valence electrons. The maximum atomic E-state index is 13.7. The number of hydrogen-bond donors (Lipinski definition) is 1. The molecule has 0 unspecified atom stereocenters. The average Bonchev–Trinajstić information content (AvgIpc) is 2.33. The van der Waals surface area contributed by atoms with Gasteiger partial charge in [-0.1, -0.05) is 12.5 Å². The smallest absolute Gasteiger partial charge is 0.165 e. The number of ether oxygens (including phenoxy) is 1. The summed E-state index contributed by atoms with van der Waals surface area (Å²) in [5.41, 5.74) is 0.582.